The normalized spacial score (nSPS) is 17.3. The molecule has 2 N–H and O–H groups in total. The van der Waals surface area contributed by atoms with Crippen molar-refractivity contribution in [3.05, 3.63) is 53.7 Å². The molecule has 3 rings (SSSR count). The summed E-state index contributed by atoms with van der Waals surface area (Å²) in [5.74, 6) is -1.60. The fraction of sp³-hybridized carbons (Fsp3) is 0.400. The molecule has 1 atom stereocenters. The van der Waals surface area contributed by atoms with Gasteiger partial charge >= 0.3 is 11.8 Å². The highest BCUT2D eigenvalue weighted by molar-refractivity contribution is 7.89. The lowest BCUT2D eigenvalue weighted by Crippen LogP contribution is -2.53. The van der Waals surface area contributed by atoms with Gasteiger partial charge in [-0.3, -0.25) is 9.59 Å². The smallest absolute Gasteiger partial charge is 0.309 e. The molecule has 0 saturated carbocycles. The van der Waals surface area contributed by atoms with E-state index in [2.05, 4.69) is 10.6 Å². The zero-order valence-corrected chi connectivity index (χ0v) is 17.8. The van der Waals surface area contributed by atoms with Gasteiger partial charge in [0.15, 0.2) is 0 Å². The van der Waals surface area contributed by atoms with Crippen LogP contribution in [0.4, 0.5) is 4.39 Å². The molecule has 1 saturated heterocycles. The van der Waals surface area contributed by atoms with Crippen LogP contribution in [0.15, 0.2) is 45.9 Å². The number of nitrogens with zero attached hydrogens (tertiary/aromatic N) is 1. The second-order valence-electron chi connectivity index (χ2n) is 7.00. The van der Waals surface area contributed by atoms with Crippen LogP contribution >= 0.6 is 0 Å². The number of furan rings is 1. The van der Waals surface area contributed by atoms with E-state index in [1.807, 2.05) is 0 Å². The first kappa shape index (κ1) is 22.9. The Kier molecular flexibility index (Phi) is 7.42. The van der Waals surface area contributed by atoms with E-state index in [9.17, 15) is 22.4 Å². The molecule has 0 unspecified atom stereocenters. The summed E-state index contributed by atoms with van der Waals surface area (Å²) < 4.78 is 51.4. The highest BCUT2D eigenvalue weighted by Gasteiger charge is 2.35. The van der Waals surface area contributed by atoms with E-state index in [4.69, 9.17) is 9.15 Å². The number of ether oxygens (including phenoxy) is 1. The van der Waals surface area contributed by atoms with Crippen molar-refractivity contribution in [3.8, 4) is 0 Å². The van der Waals surface area contributed by atoms with Crippen LogP contribution in [0, 0.1) is 12.7 Å². The molecule has 1 aliphatic rings. The molecule has 1 aromatic carbocycles. The van der Waals surface area contributed by atoms with Crippen molar-refractivity contribution >= 4 is 21.8 Å². The maximum atomic E-state index is 13.4. The van der Waals surface area contributed by atoms with Crippen LogP contribution in [-0.2, 0) is 30.8 Å². The van der Waals surface area contributed by atoms with Crippen LogP contribution in [0.25, 0.3) is 0 Å². The third-order valence-electron chi connectivity index (χ3n) is 4.76. The van der Waals surface area contributed by atoms with Gasteiger partial charge in [0.2, 0.25) is 10.0 Å². The number of aryl methyl sites for hydroxylation is 1. The molecule has 0 bridgehead atoms. The highest BCUT2D eigenvalue weighted by atomic mass is 32.2. The number of sulfonamides is 1. The summed E-state index contributed by atoms with van der Waals surface area (Å²) in [6.45, 7) is 2.00. The Morgan fingerprint density at radius 2 is 2.00 bits per heavy atom. The summed E-state index contributed by atoms with van der Waals surface area (Å²) in [7, 11) is -3.99. The number of carbonyl (C=O) groups excluding carboxylic acids is 2. The van der Waals surface area contributed by atoms with Gasteiger partial charge in [-0.15, -0.1) is 0 Å². The summed E-state index contributed by atoms with van der Waals surface area (Å²) >= 11 is 0. The summed E-state index contributed by atoms with van der Waals surface area (Å²) in [5.41, 5.74) is 0.268. The first-order valence-corrected chi connectivity index (χ1v) is 11.2. The molecule has 11 heteroatoms. The molecule has 1 aromatic heterocycles. The summed E-state index contributed by atoms with van der Waals surface area (Å²) in [6.07, 6.45) is 1.43. The van der Waals surface area contributed by atoms with Crippen LogP contribution in [0.1, 0.15) is 17.7 Å². The minimum atomic E-state index is -3.99. The van der Waals surface area contributed by atoms with E-state index in [1.165, 1.54) is 19.3 Å². The van der Waals surface area contributed by atoms with Gasteiger partial charge in [0, 0.05) is 19.5 Å². The molecule has 1 aliphatic heterocycles. The molecule has 2 heterocycles. The molecule has 1 fully saturated rings. The Labute approximate surface area is 179 Å². The Bertz CT molecular complexity index is 1030. The Morgan fingerprint density at radius 1 is 1.23 bits per heavy atom. The maximum absolute atomic E-state index is 13.4. The van der Waals surface area contributed by atoms with Crippen LogP contribution in [-0.4, -0.2) is 57.0 Å². The van der Waals surface area contributed by atoms with E-state index in [0.717, 1.165) is 16.4 Å². The van der Waals surface area contributed by atoms with Crippen molar-refractivity contribution in [2.45, 2.75) is 30.9 Å². The zero-order valence-electron chi connectivity index (χ0n) is 17.0. The Balaban J connectivity index is 1.59. The predicted octanol–water partition coefficient (Wildman–Crippen LogP) is 0.939. The molecule has 0 radical (unpaired) electrons. The lowest BCUT2D eigenvalue weighted by atomic mass is 10.2. The predicted molar refractivity (Wildman–Crippen MR) is 108 cm³/mol. The van der Waals surface area contributed by atoms with Crippen molar-refractivity contribution in [2.75, 3.05) is 26.2 Å². The first-order valence-electron chi connectivity index (χ1n) is 9.77. The van der Waals surface area contributed by atoms with Crippen molar-refractivity contribution < 1.29 is 31.6 Å². The summed E-state index contributed by atoms with van der Waals surface area (Å²) in [6, 6.07) is 6.90. The van der Waals surface area contributed by atoms with E-state index >= 15 is 0 Å². The number of halogens is 1. The number of carbonyl (C=O) groups is 2. The quantitative estimate of drug-likeness (QED) is 0.603. The van der Waals surface area contributed by atoms with E-state index < -0.39 is 33.9 Å². The van der Waals surface area contributed by atoms with E-state index in [0.29, 0.717) is 25.2 Å². The number of rotatable bonds is 7. The first-order chi connectivity index (χ1) is 14.8. The lowest BCUT2D eigenvalue weighted by Gasteiger charge is -2.34. The Hall–Kier alpha value is -2.76. The molecule has 2 aromatic rings. The largest absolute Gasteiger partial charge is 0.469 e. The molecular formula is C20H24FN3O6S. The minimum absolute atomic E-state index is 0.0357. The number of benzene rings is 1. The maximum Gasteiger partial charge on any atom is 0.309 e. The standard InChI is InChI=1S/C20H24FN3O6S/c1-14-12-15(21)5-6-17(14)31(27,28)24-9-3-11-30-18(24)13-23-20(26)19(25)22-8-7-16-4-2-10-29-16/h2,4-6,10,12,18H,3,7-9,11,13H2,1H3,(H,22,25)(H,23,26)/t18-/m1/s1. The van der Waals surface area contributed by atoms with E-state index in [-0.39, 0.29) is 30.1 Å². The topological polar surface area (TPSA) is 118 Å². The molecule has 168 valence electrons. The fourth-order valence-electron chi connectivity index (χ4n) is 3.23. The van der Waals surface area contributed by atoms with Gasteiger partial charge in [0.05, 0.1) is 24.3 Å². The highest BCUT2D eigenvalue weighted by Crippen LogP contribution is 2.25. The van der Waals surface area contributed by atoms with Crippen molar-refractivity contribution in [3.63, 3.8) is 0 Å². The van der Waals surface area contributed by atoms with Gasteiger partial charge < -0.3 is 19.8 Å². The van der Waals surface area contributed by atoms with Crippen molar-refractivity contribution in [1.29, 1.82) is 0 Å². The second-order valence-corrected chi connectivity index (χ2v) is 8.86. The van der Waals surface area contributed by atoms with Gasteiger partial charge in [0.1, 0.15) is 17.8 Å². The van der Waals surface area contributed by atoms with Gasteiger partial charge in [-0.25, -0.2) is 12.8 Å². The van der Waals surface area contributed by atoms with E-state index in [1.54, 1.807) is 12.1 Å². The fourth-order valence-corrected chi connectivity index (χ4v) is 5.00. The van der Waals surface area contributed by atoms with Crippen LogP contribution in [0.2, 0.25) is 0 Å². The van der Waals surface area contributed by atoms with Crippen LogP contribution in [0.3, 0.4) is 0 Å². The molecule has 0 aliphatic carbocycles. The average molecular weight is 453 g/mol. The average Bonchev–Trinajstić information content (AvgIpc) is 3.25. The molecule has 0 spiro atoms. The van der Waals surface area contributed by atoms with Gasteiger partial charge in [-0.2, -0.15) is 4.31 Å². The molecule has 2 amide bonds. The SMILES string of the molecule is Cc1cc(F)ccc1S(=O)(=O)N1CCCO[C@@H]1CNC(=O)C(=O)NCCc1ccco1. The molecule has 9 nitrogen and oxygen atoms in total. The van der Waals surface area contributed by atoms with Gasteiger partial charge in [-0.05, 0) is 49.2 Å². The zero-order chi connectivity index (χ0) is 22.4. The number of hydrogen-bond donors (Lipinski definition) is 2. The lowest BCUT2D eigenvalue weighted by molar-refractivity contribution is -0.140. The van der Waals surface area contributed by atoms with Crippen molar-refractivity contribution in [2.24, 2.45) is 0 Å². The number of amides is 2. The minimum Gasteiger partial charge on any atom is -0.469 e. The summed E-state index contributed by atoms with van der Waals surface area (Å²) in [5, 5.41) is 4.88. The summed E-state index contributed by atoms with van der Waals surface area (Å²) in [4.78, 5) is 24.0. The third-order valence-corrected chi connectivity index (χ3v) is 6.81. The molecule has 31 heavy (non-hydrogen) atoms. The van der Waals surface area contributed by atoms with Gasteiger partial charge in [0.25, 0.3) is 0 Å². The monoisotopic (exact) mass is 453 g/mol. The van der Waals surface area contributed by atoms with Crippen LogP contribution in [0.5, 0.6) is 0 Å². The number of nitrogens with one attached hydrogen (secondary N) is 2. The number of hydrogen-bond acceptors (Lipinski definition) is 6. The van der Waals surface area contributed by atoms with Crippen LogP contribution < -0.4 is 10.6 Å². The second kappa shape index (κ2) is 10.0. The van der Waals surface area contributed by atoms with Crippen molar-refractivity contribution in [1.82, 2.24) is 14.9 Å². The third kappa shape index (κ3) is 5.69. The Morgan fingerprint density at radius 3 is 2.71 bits per heavy atom. The molecular weight excluding hydrogens is 429 g/mol. The van der Waals surface area contributed by atoms with Gasteiger partial charge in [-0.1, -0.05) is 0 Å².